The minimum Gasteiger partial charge on any atom is -0.477 e. The summed E-state index contributed by atoms with van der Waals surface area (Å²) in [7, 11) is 0. The highest BCUT2D eigenvalue weighted by atomic mass is 16.5. The molecule has 1 aliphatic rings. The number of fused-ring (bicyclic) bond motifs is 1. The molecular weight excluding hydrogens is 190 g/mol. The van der Waals surface area contributed by atoms with Crippen molar-refractivity contribution in [2.24, 2.45) is 0 Å². The third-order valence-corrected chi connectivity index (χ3v) is 2.57. The van der Waals surface area contributed by atoms with Gasteiger partial charge in [0.05, 0.1) is 12.2 Å². The maximum atomic E-state index is 11.8. The summed E-state index contributed by atoms with van der Waals surface area (Å²) in [5.41, 5.74) is 1.65. The van der Waals surface area contributed by atoms with Crippen LogP contribution in [0.4, 0.5) is 0 Å². The Hall–Kier alpha value is -1.38. The Morgan fingerprint density at radius 3 is 2.80 bits per heavy atom. The zero-order valence-corrected chi connectivity index (χ0v) is 9.33. The average Bonchev–Trinajstić information content (AvgIpc) is 2.16. The number of Topliss-reactive ketones (excluding diaryl/α,β-unsaturated/α-hetero) is 1. The van der Waals surface area contributed by atoms with E-state index in [1.54, 1.807) is 6.20 Å². The van der Waals surface area contributed by atoms with Crippen molar-refractivity contribution in [1.82, 2.24) is 4.98 Å². The zero-order chi connectivity index (χ0) is 11.1. The maximum Gasteiger partial charge on any atom is 0.224 e. The van der Waals surface area contributed by atoms with E-state index in [1.165, 1.54) is 0 Å². The summed E-state index contributed by atoms with van der Waals surface area (Å²) in [6.07, 6.45) is 2.17. The van der Waals surface area contributed by atoms with E-state index >= 15 is 0 Å². The molecule has 0 amide bonds. The van der Waals surface area contributed by atoms with Crippen LogP contribution in [0.1, 0.15) is 43.1 Å². The molecule has 0 aliphatic carbocycles. The monoisotopic (exact) mass is 205 g/mol. The maximum absolute atomic E-state index is 11.8. The minimum atomic E-state index is -0.0522. The van der Waals surface area contributed by atoms with Gasteiger partial charge in [-0.2, -0.15) is 0 Å². The molecule has 0 saturated heterocycles. The van der Waals surface area contributed by atoms with E-state index in [-0.39, 0.29) is 11.2 Å². The number of nitrogens with zero attached hydrogens (tertiary/aromatic N) is 1. The number of hydrogen-bond acceptors (Lipinski definition) is 3. The molecule has 0 N–H and O–H groups in total. The van der Waals surface area contributed by atoms with Gasteiger partial charge in [0.2, 0.25) is 5.88 Å². The Bertz CT molecular complexity index is 405. The lowest BCUT2D eigenvalue weighted by Crippen LogP contribution is -2.23. The summed E-state index contributed by atoms with van der Waals surface area (Å²) in [5, 5.41) is 0. The molecule has 3 nitrogen and oxygen atoms in total. The van der Waals surface area contributed by atoms with E-state index in [9.17, 15) is 4.79 Å². The number of carbonyl (C=O) groups excluding carboxylic acids is 1. The van der Waals surface area contributed by atoms with Crippen LogP contribution in [0.2, 0.25) is 0 Å². The van der Waals surface area contributed by atoms with Crippen LogP contribution in [0.3, 0.4) is 0 Å². The van der Waals surface area contributed by atoms with Crippen molar-refractivity contribution in [3.05, 3.63) is 23.4 Å². The Morgan fingerprint density at radius 2 is 2.13 bits per heavy atom. The van der Waals surface area contributed by atoms with Crippen LogP contribution in [0.15, 0.2) is 12.3 Å². The predicted octanol–water partition coefficient (Wildman–Crippen LogP) is 2.34. The van der Waals surface area contributed by atoms with E-state index in [0.29, 0.717) is 24.5 Å². The number of carbonyl (C=O) groups is 1. The number of ether oxygens (including phenoxy) is 1. The third-order valence-electron chi connectivity index (χ3n) is 2.57. The normalized spacial score (nSPS) is 15.8. The summed E-state index contributed by atoms with van der Waals surface area (Å²) >= 11 is 0. The van der Waals surface area contributed by atoms with Gasteiger partial charge in [0.1, 0.15) is 0 Å². The second kappa shape index (κ2) is 3.33. The highest BCUT2D eigenvalue weighted by Gasteiger charge is 2.28. The summed E-state index contributed by atoms with van der Waals surface area (Å²) < 4.78 is 5.40. The van der Waals surface area contributed by atoms with Crippen LogP contribution in [0.25, 0.3) is 0 Å². The van der Waals surface area contributed by atoms with Gasteiger partial charge in [0.25, 0.3) is 0 Å². The smallest absolute Gasteiger partial charge is 0.224 e. The first-order chi connectivity index (χ1) is 7.00. The molecule has 0 saturated carbocycles. The molecule has 1 aromatic rings. The molecular formula is C12H15NO2. The molecule has 0 radical (unpaired) electrons. The number of aromatic nitrogens is 1. The van der Waals surface area contributed by atoms with Crippen molar-refractivity contribution in [2.75, 3.05) is 6.61 Å². The zero-order valence-electron chi connectivity index (χ0n) is 9.33. The Morgan fingerprint density at radius 1 is 1.40 bits per heavy atom. The molecule has 2 rings (SSSR count). The largest absolute Gasteiger partial charge is 0.477 e. The molecule has 1 aliphatic heterocycles. The summed E-state index contributed by atoms with van der Waals surface area (Å²) in [5.74, 6) is 0.646. The van der Waals surface area contributed by atoms with E-state index < -0.39 is 0 Å². The Balaban J connectivity index is 2.62. The predicted molar refractivity (Wildman–Crippen MR) is 57.4 cm³/mol. The van der Waals surface area contributed by atoms with Crippen LogP contribution >= 0.6 is 0 Å². The van der Waals surface area contributed by atoms with Gasteiger partial charge in [0.15, 0.2) is 5.78 Å². The van der Waals surface area contributed by atoms with Crippen molar-refractivity contribution in [3.63, 3.8) is 0 Å². The van der Waals surface area contributed by atoms with Gasteiger partial charge in [-0.1, -0.05) is 20.8 Å². The van der Waals surface area contributed by atoms with Crippen LogP contribution in [-0.4, -0.2) is 17.4 Å². The lowest BCUT2D eigenvalue weighted by molar-refractivity contribution is 0.0926. The van der Waals surface area contributed by atoms with Crippen LogP contribution in [0, 0.1) is 0 Å². The molecule has 0 aromatic carbocycles. The van der Waals surface area contributed by atoms with Gasteiger partial charge >= 0.3 is 0 Å². The summed E-state index contributed by atoms with van der Waals surface area (Å²) in [4.78, 5) is 15.9. The van der Waals surface area contributed by atoms with Gasteiger partial charge in [-0.25, -0.2) is 4.98 Å². The van der Waals surface area contributed by atoms with Crippen molar-refractivity contribution < 1.29 is 9.53 Å². The van der Waals surface area contributed by atoms with Crippen molar-refractivity contribution in [1.29, 1.82) is 0 Å². The highest BCUT2D eigenvalue weighted by molar-refractivity contribution is 6.00. The van der Waals surface area contributed by atoms with E-state index in [1.807, 2.05) is 6.07 Å². The van der Waals surface area contributed by atoms with Gasteiger partial charge in [-0.3, -0.25) is 4.79 Å². The molecule has 0 atom stereocenters. The second-order valence-corrected chi connectivity index (χ2v) is 4.81. The molecule has 0 fully saturated rings. The second-order valence-electron chi connectivity index (χ2n) is 4.81. The van der Waals surface area contributed by atoms with Crippen molar-refractivity contribution in [2.45, 2.75) is 32.6 Å². The topological polar surface area (TPSA) is 39.2 Å². The van der Waals surface area contributed by atoms with E-state index in [4.69, 9.17) is 4.74 Å². The third kappa shape index (κ3) is 1.74. The fraction of sp³-hybridized carbons (Fsp3) is 0.500. The lowest BCUT2D eigenvalue weighted by atomic mass is 9.82. The van der Waals surface area contributed by atoms with E-state index in [2.05, 4.69) is 25.8 Å². The molecule has 0 spiro atoms. The Labute approximate surface area is 89.5 Å². The average molecular weight is 205 g/mol. The van der Waals surface area contributed by atoms with Gasteiger partial charge in [-0.15, -0.1) is 0 Å². The Kier molecular flexibility index (Phi) is 2.25. The standard InChI is InChI=1S/C12H15NO2/c1-12(2,3)8-4-6-13-11-10(8)9(14)5-7-15-11/h4,6H,5,7H2,1-3H3. The van der Waals surface area contributed by atoms with Gasteiger partial charge in [-0.05, 0) is 17.0 Å². The minimum absolute atomic E-state index is 0.0522. The lowest BCUT2D eigenvalue weighted by Gasteiger charge is -2.25. The van der Waals surface area contributed by atoms with Crippen LogP contribution in [0.5, 0.6) is 5.88 Å². The fourth-order valence-corrected chi connectivity index (χ4v) is 1.81. The van der Waals surface area contributed by atoms with Crippen molar-refractivity contribution in [3.8, 4) is 5.88 Å². The molecule has 1 aromatic heterocycles. The highest BCUT2D eigenvalue weighted by Crippen LogP contribution is 2.32. The molecule has 0 unspecified atom stereocenters. The van der Waals surface area contributed by atoms with Crippen molar-refractivity contribution >= 4 is 5.78 Å². The fourth-order valence-electron chi connectivity index (χ4n) is 1.81. The first-order valence-corrected chi connectivity index (χ1v) is 5.15. The van der Waals surface area contributed by atoms with Gasteiger partial charge < -0.3 is 4.74 Å². The summed E-state index contributed by atoms with van der Waals surface area (Å²) in [6.45, 7) is 6.71. The molecule has 3 heteroatoms. The number of rotatable bonds is 0. The first-order valence-electron chi connectivity index (χ1n) is 5.15. The SMILES string of the molecule is CC(C)(C)c1ccnc2c1C(=O)CCO2. The van der Waals surface area contributed by atoms with Crippen LogP contribution in [-0.2, 0) is 5.41 Å². The van der Waals surface area contributed by atoms with E-state index in [0.717, 1.165) is 5.56 Å². The van der Waals surface area contributed by atoms with Gasteiger partial charge in [0, 0.05) is 12.6 Å². The molecule has 15 heavy (non-hydrogen) atoms. The summed E-state index contributed by atoms with van der Waals surface area (Å²) in [6, 6.07) is 1.91. The quantitative estimate of drug-likeness (QED) is 0.652. The first kappa shape index (κ1) is 10.1. The van der Waals surface area contributed by atoms with Crippen LogP contribution < -0.4 is 4.74 Å². The number of hydrogen-bond donors (Lipinski definition) is 0. The number of pyridine rings is 1. The number of ketones is 1. The molecule has 0 bridgehead atoms. The molecule has 2 heterocycles. The molecule has 80 valence electrons.